The number of nitrogens with zero attached hydrogens (tertiary/aromatic N) is 3. The van der Waals surface area contributed by atoms with Gasteiger partial charge in [0.15, 0.2) is 0 Å². The molecule has 4 rings (SSSR count). The second-order valence-electron chi connectivity index (χ2n) is 6.90. The predicted molar refractivity (Wildman–Crippen MR) is 89.4 cm³/mol. The number of likely N-dealkylation sites (tertiary alicyclic amines) is 1. The molecule has 2 fully saturated rings. The summed E-state index contributed by atoms with van der Waals surface area (Å²) in [6.07, 6.45) is 10.4. The minimum atomic E-state index is -0.0172. The maximum absolute atomic E-state index is 12.4. The summed E-state index contributed by atoms with van der Waals surface area (Å²) in [5.74, 6) is 3.08. The van der Waals surface area contributed by atoms with Gasteiger partial charge in [-0.2, -0.15) is 0 Å². The van der Waals surface area contributed by atoms with E-state index >= 15 is 0 Å². The van der Waals surface area contributed by atoms with E-state index in [9.17, 15) is 4.79 Å². The smallest absolute Gasteiger partial charge is 0.317 e. The van der Waals surface area contributed by atoms with Crippen molar-refractivity contribution in [3.63, 3.8) is 0 Å². The first-order valence-corrected chi connectivity index (χ1v) is 8.86. The third-order valence-corrected chi connectivity index (χ3v) is 4.97. The highest BCUT2D eigenvalue weighted by Gasteiger charge is 2.29. The van der Waals surface area contributed by atoms with Crippen molar-refractivity contribution in [2.45, 2.75) is 44.7 Å². The Morgan fingerprint density at radius 2 is 2.29 bits per heavy atom. The highest BCUT2D eigenvalue weighted by molar-refractivity contribution is 5.74. The van der Waals surface area contributed by atoms with Crippen molar-refractivity contribution in [2.75, 3.05) is 13.1 Å². The molecular weight excluding hydrogens is 304 g/mol. The van der Waals surface area contributed by atoms with E-state index in [1.54, 1.807) is 6.26 Å². The van der Waals surface area contributed by atoms with Gasteiger partial charge in [-0.3, -0.25) is 0 Å². The van der Waals surface area contributed by atoms with Crippen LogP contribution in [0.4, 0.5) is 4.79 Å². The van der Waals surface area contributed by atoms with Gasteiger partial charge in [-0.1, -0.05) is 0 Å². The molecular formula is C18H24N4O2. The number of hydrogen-bond acceptors (Lipinski definition) is 3. The first-order chi connectivity index (χ1) is 11.8. The molecule has 128 valence electrons. The summed E-state index contributed by atoms with van der Waals surface area (Å²) in [5.41, 5.74) is 0. The number of amides is 2. The van der Waals surface area contributed by atoms with Gasteiger partial charge in [0, 0.05) is 37.9 Å². The van der Waals surface area contributed by atoms with Gasteiger partial charge in [-0.05, 0) is 43.7 Å². The lowest BCUT2D eigenvalue weighted by atomic mass is 9.97. The number of furan rings is 1. The number of nitrogens with one attached hydrogen (secondary N) is 1. The molecule has 0 radical (unpaired) electrons. The number of rotatable bonds is 5. The van der Waals surface area contributed by atoms with Gasteiger partial charge >= 0.3 is 6.03 Å². The van der Waals surface area contributed by atoms with Crippen LogP contribution in [0.5, 0.6) is 0 Å². The van der Waals surface area contributed by atoms with Crippen LogP contribution in [-0.4, -0.2) is 33.6 Å². The highest BCUT2D eigenvalue weighted by atomic mass is 16.3. The van der Waals surface area contributed by atoms with Crippen LogP contribution in [0.2, 0.25) is 0 Å². The summed E-state index contributed by atoms with van der Waals surface area (Å²) >= 11 is 0. The van der Waals surface area contributed by atoms with E-state index in [2.05, 4.69) is 21.1 Å². The normalized spacial score (nSPS) is 21.0. The van der Waals surface area contributed by atoms with Crippen LogP contribution >= 0.6 is 0 Å². The molecule has 1 N–H and O–H groups in total. The first-order valence-electron chi connectivity index (χ1n) is 8.86. The number of carbonyl (C=O) groups is 1. The summed E-state index contributed by atoms with van der Waals surface area (Å²) in [4.78, 5) is 18.9. The molecule has 6 heteroatoms. The molecule has 2 aliphatic rings. The van der Waals surface area contributed by atoms with Gasteiger partial charge in [0.2, 0.25) is 0 Å². The van der Waals surface area contributed by atoms with E-state index < -0.39 is 0 Å². The van der Waals surface area contributed by atoms with Crippen molar-refractivity contribution >= 4 is 6.03 Å². The molecule has 3 heterocycles. The van der Waals surface area contributed by atoms with E-state index in [0.29, 0.717) is 12.5 Å². The van der Waals surface area contributed by atoms with E-state index in [1.165, 1.54) is 12.8 Å². The maximum atomic E-state index is 12.4. The zero-order chi connectivity index (χ0) is 16.4. The average molecular weight is 328 g/mol. The van der Waals surface area contributed by atoms with Crippen molar-refractivity contribution in [3.05, 3.63) is 42.4 Å². The minimum absolute atomic E-state index is 0.0172. The second-order valence-corrected chi connectivity index (χ2v) is 6.90. The van der Waals surface area contributed by atoms with Gasteiger partial charge in [0.1, 0.15) is 11.6 Å². The Morgan fingerprint density at radius 1 is 1.38 bits per heavy atom. The van der Waals surface area contributed by atoms with Crippen molar-refractivity contribution in [2.24, 2.45) is 5.92 Å². The molecule has 6 nitrogen and oxygen atoms in total. The van der Waals surface area contributed by atoms with Crippen molar-refractivity contribution in [1.29, 1.82) is 0 Å². The van der Waals surface area contributed by atoms with Gasteiger partial charge in [0.05, 0.1) is 12.8 Å². The van der Waals surface area contributed by atoms with Crippen LogP contribution in [0.3, 0.4) is 0 Å². The Bertz CT molecular complexity index is 675. The minimum Gasteiger partial charge on any atom is -0.467 e. The lowest BCUT2D eigenvalue weighted by Crippen LogP contribution is -2.45. The monoisotopic (exact) mass is 328 g/mol. The van der Waals surface area contributed by atoms with Crippen LogP contribution in [0, 0.1) is 5.92 Å². The Balaban J connectivity index is 1.36. The number of carbonyl (C=O) groups excluding carboxylic acids is 1. The van der Waals surface area contributed by atoms with Crippen LogP contribution in [0.25, 0.3) is 0 Å². The number of aromatic nitrogens is 2. The molecule has 0 aromatic carbocycles. The summed E-state index contributed by atoms with van der Waals surface area (Å²) in [5, 5.41) is 2.94. The van der Waals surface area contributed by atoms with Crippen molar-refractivity contribution in [3.8, 4) is 0 Å². The predicted octanol–water partition coefficient (Wildman–Crippen LogP) is 2.98. The first kappa shape index (κ1) is 15.3. The summed E-state index contributed by atoms with van der Waals surface area (Å²) in [7, 11) is 0. The van der Waals surface area contributed by atoms with E-state index in [1.807, 2.05) is 23.2 Å². The van der Waals surface area contributed by atoms with Crippen LogP contribution in [-0.2, 0) is 13.1 Å². The van der Waals surface area contributed by atoms with E-state index in [-0.39, 0.29) is 6.03 Å². The number of urea groups is 1. The second kappa shape index (κ2) is 6.71. The fraction of sp³-hybridized carbons (Fsp3) is 0.556. The van der Waals surface area contributed by atoms with Gasteiger partial charge < -0.3 is 19.2 Å². The molecule has 0 bridgehead atoms. The Morgan fingerprint density at radius 3 is 3.08 bits per heavy atom. The summed E-state index contributed by atoms with van der Waals surface area (Å²) in [6, 6.07) is 3.68. The SMILES string of the molecule is O=C(NCc1ccco1)N1CCC[C@@H](c2nccn2CC2CC2)C1. The molecule has 24 heavy (non-hydrogen) atoms. The van der Waals surface area contributed by atoms with Gasteiger partial charge in [-0.15, -0.1) is 0 Å². The quantitative estimate of drug-likeness (QED) is 0.918. The van der Waals surface area contributed by atoms with Crippen LogP contribution < -0.4 is 5.32 Å². The van der Waals surface area contributed by atoms with Gasteiger partial charge in [-0.25, -0.2) is 9.78 Å². The molecule has 2 aromatic heterocycles. The molecule has 1 atom stereocenters. The fourth-order valence-corrected chi connectivity index (χ4v) is 3.47. The third-order valence-electron chi connectivity index (χ3n) is 4.97. The molecule has 1 aliphatic carbocycles. The van der Waals surface area contributed by atoms with Crippen molar-refractivity contribution in [1.82, 2.24) is 19.8 Å². The lowest BCUT2D eigenvalue weighted by molar-refractivity contribution is 0.176. The number of hydrogen-bond donors (Lipinski definition) is 1. The number of piperidine rings is 1. The highest BCUT2D eigenvalue weighted by Crippen LogP contribution is 2.33. The molecule has 2 amide bonds. The van der Waals surface area contributed by atoms with Crippen LogP contribution in [0.1, 0.15) is 43.2 Å². The average Bonchev–Trinajstić information content (AvgIpc) is 3.09. The Hall–Kier alpha value is -2.24. The molecule has 0 spiro atoms. The Labute approximate surface area is 141 Å². The molecule has 1 saturated carbocycles. The van der Waals surface area contributed by atoms with E-state index in [4.69, 9.17) is 4.42 Å². The summed E-state index contributed by atoms with van der Waals surface area (Å²) < 4.78 is 7.56. The molecule has 1 aliphatic heterocycles. The molecule has 0 unspecified atom stereocenters. The zero-order valence-corrected chi connectivity index (χ0v) is 13.9. The number of imidazole rings is 1. The zero-order valence-electron chi connectivity index (χ0n) is 13.9. The summed E-state index contributed by atoms with van der Waals surface area (Å²) in [6.45, 7) is 3.06. The fourth-order valence-electron chi connectivity index (χ4n) is 3.47. The molecule has 2 aromatic rings. The standard InChI is InChI=1S/C18H24N4O2/c23-18(20-11-16-4-2-10-24-16)22-8-1-3-15(13-22)17-19-7-9-21(17)12-14-5-6-14/h2,4,7,9-10,14-15H,1,3,5-6,8,11-13H2,(H,20,23)/t15-/m1/s1. The Kier molecular flexibility index (Phi) is 4.28. The van der Waals surface area contributed by atoms with E-state index in [0.717, 1.165) is 50.0 Å². The lowest BCUT2D eigenvalue weighted by Gasteiger charge is -2.32. The largest absolute Gasteiger partial charge is 0.467 e. The van der Waals surface area contributed by atoms with Crippen LogP contribution in [0.15, 0.2) is 35.2 Å². The van der Waals surface area contributed by atoms with Crippen molar-refractivity contribution < 1.29 is 9.21 Å². The third kappa shape index (κ3) is 3.47. The maximum Gasteiger partial charge on any atom is 0.317 e. The topological polar surface area (TPSA) is 63.3 Å². The van der Waals surface area contributed by atoms with Gasteiger partial charge in [0.25, 0.3) is 0 Å². The molecule has 1 saturated heterocycles.